The van der Waals surface area contributed by atoms with Crippen molar-refractivity contribution in [1.29, 1.82) is 0 Å². The van der Waals surface area contributed by atoms with Crippen LogP contribution in [0.15, 0.2) is 52.6 Å². The Bertz CT molecular complexity index is 975. The molecule has 0 saturated carbocycles. The summed E-state index contributed by atoms with van der Waals surface area (Å²) in [4.78, 5) is 24.0. The van der Waals surface area contributed by atoms with Gasteiger partial charge in [0.1, 0.15) is 10.9 Å². The first-order valence-electron chi connectivity index (χ1n) is 8.88. The van der Waals surface area contributed by atoms with Crippen molar-refractivity contribution in [3.63, 3.8) is 0 Å². The van der Waals surface area contributed by atoms with Gasteiger partial charge in [0.15, 0.2) is 6.61 Å². The fourth-order valence-electron chi connectivity index (χ4n) is 3.05. The molecule has 2 aromatic heterocycles. The molecule has 1 aromatic carbocycles. The minimum atomic E-state index is -0.853. The number of imidazole rings is 1. The first kappa shape index (κ1) is 21.5. The van der Waals surface area contributed by atoms with E-state index in [-0.39, 0.29) is 18.4 Å². The zero-order valence-corrected chi connectivity index (χ0v) is 18.2. The fraction of sp³-hybridized carbons (Fsp3) is 0.250. The maximum absolute atomic E-state index is 11.0. The van der Waals surface area contributed by atoms with Gasteiger partial charge in [0.2, 0.25) is 0 Å². The summed E-state index contributed by atoms with van der Waals surface area (Å²) >= 11 is 13.8. The predicted molar refractivity (Wildman–Crippen MR) is 114 cm³/mol. The number of nitrogens with zero attached hydrogens (tertiary/aromatic N) is 2. The summed E-state index contributed by atoms with van der Waals surface area (Å²) in [6, 6.07) is 9.30. The lowest BCUT2D eigenvalue weighted by molar-refractivity contribution is 0.147. The number of rotatable bonds is 7. The molecule has 9 heteroatoms. The van der Waals surface area contributed by atoms with Crippen LogP contribution in [0, 0.1) is 5.92 Å². The summed E-state index contributed by atoms with van der Waals surface area (Å²) in [5.74, 6) is 0.774. The quantitative estimate of drug-likeness (QED) is 0.485. The van der Waals surface area contributed by atoms with Gasteiger partial charge in [-0.2, -0.15) is 0 Å². The molecule has 0 spiro atoms. The van der Waals surface area contributed by atoms with Crippen LogP contribution in [0.1, 0.15) is 36.8 Å². The van der Waals surface area contributed by atoms with Crippen LogP contribution in [0.3, 0.4) is 0 Å². The predicted octanol–water partition coefficient (Wildman–Crippen LogP) is 5.65. The van der Waals surface area contributed by atoms with Gasteiger partial charge in [-0.1, -0.05) is 48.8 Å². The largest absolute Gasteiger partial charge is 0.442 e. The standard InChI is InChI=1S/C20H20Cl2N4O2S/c1-11(2)17(12-3-5-24-6-4-12)18-19(26-16(25-18)10-28-20(23)27)29-15-8-13(21)7-14(22)9-15/h3-9,11,17H,10H2,1-2H3,(H2,23,27)(H,25,26). The number of hydrogen-bond donors (Lipinski definition) is 2. The van der Waals surface area contributed by atoms with Crippen LogP contribution >= 0.6 is 35.0 Å². The summed E-state index contributed by atoms with van der Waals surface area (Å²) in [5, 5.41) is 1.92. The lowest BCUT2D eigenvalue weighted by Gasteiger charge is -2.20. The summed E-state index contributed by atoms with van der Waals surface area (Å²) in [6.07, 6.45) is 2.67. The molecule has 2 heterocycles. The Labute approximate surface area is 183 Å². The third-order valence-corrected chi connectivity index (χ3v) is 5.60. The number of nitrogens with one attached hydrogen (secondary N) is 1. The molecule has 0 bridgehead atoms. The number of halogens is 2. The number of H-pyrrole nitrogens is 1. The van der Waals surface area contributed by atoms with Gasteiger partial charge in [-0.25, -0.2) is 9.78 Å². The Morgan fingerprint density at radius 3 is 2.45 bits per heavy atom. The molecule has 0 radical (unpaired) electrons. The van der Waals surface area contributed by atoms with E-state index in [0.29, 0.717) is 15.9 Å². The maximum Gasteiger partial charge on any atom is 0.404 e. The second-order valence-corrected chi connectivity index (χ2v) is 8.67. The van der Waals surface area contributed by atoms with Gasteiger partial charge >= 0.3 is 6.09 Å². The molecule has 1 amide bonds. The molecule has 152 valence electrons. The molecule has 0 fully saturated rings. The molecule has 0 aliphatic carbocycles. The van der Waals surface area contributed by atoms with E-state index in [1.807, 2.05) is 24.3 Å². The highest BCUT2D eigenvalue weighted by atomic mass is 35.5. The molecule has 0 saturated heterocycles. The van der Waals surface area contributed by atoms with E-state index in [0.717, 1.165) is 21.2 Å². The van der Waals surface area contributed by atoms with E-state index in [1.54, 1.807) is 18.5 Å². The second kappa shape index (κ2) is 9.52. The van der Waals surface area contributed by atoms with Crippen molar-refractivity contribution < 1.29 is 9.53 Å². The SMILES string of the molecule is CC(C)C(c1ccncc1)c1nc(COC(N)=O)[nH]c1Sc1cc(Cl)cc(Cl)c1. The number of benzene rings is 1. The third-order valence-electron chi connectivity index (χ3n) is 4.18. The number of carbonyl (C=O) groups is 1. The van der Waals surface area contributed by atoms with Crippen LogP contribution in [-0.2, 0) is 11.3 Å². The number of aromatic nitrogens is 3. The lowest BCUT2D eigenvalue weighted by atomic mass is 9.86. The van der Waals surface area contributed by atoms with Gasteiger partial charge in [-0.3, -0.25) is 4.98 Å². The zero-order chi connectivity index (χ0) is 21.0. The zero-order valence-electron chi connectivity index (χ0n) is 15.9. The number of ether oxygens (including phenoxy) is 1. The van der Waals surface area contributed by atoms with E-state index in [2.05, 4.69) is 23.8 Å². The maximum atomic E-state index is 11.0. The molecular formula is C20H20Cl2N4O2S. The van der Waals surface area contributed by atoms with Crippen molar-refractivity contribution in [2.24, 2.45) is 11.7 Å². The van der Waals surface area contributed by atoms with Gasteiger partial charge in [0.25, 0.3) is 0 Å². The molecule has 3 rings (SSSR count). The molecule has 3 N–H and O–H groups in total. The smallest absolute Gasteiger partial charge is 0.404 e. The molecule has 6 nitrogen and oxygen atoms in total. The van der Waals surface area contributed by atoms with Crippen molar-refractivity contribution >= 4 is 41.1 Å². The van der Waals surface area contributed by atoms with Gasteiger partial charge in [-0.05, 0) is 41.8 Å². The number of pyridine rings is 1. The average Bonchev–Trinajstić information content (AvgIpc) is 3.02. The van der Waals surface area contributed by atoms with Crippen molar-refractivity contribution in [2.45, 2.75) is 36.3 Å². The van der Waals surface area contributed by atoms with Crippen LogP contribution in [0.5, 0.6) is 0 Å². The fourth-order valence-corrected chi connectivity index (χ4v) is 4.76. The van der Waals surface area contributed by atoms with E-state index < -0.39 is 6.09 Å². The first-order valence-corrected chi connectivity index (χ1v) is 10.5. The molecule has 0 aliphatic heterocycles. The van der Waals surface area contributed by atoms with Gasteiger partial charge in [0.05, 0.1) is 5.69 Å². The number of primary amides is 1. The number of nitrogens with two attached hydrogens (primary N) is 1. The topological polar surface area (TPSA) is 93.9 Å². The van der Waals surface area contributed by atoms with Gasteiger partial charge < -0.3 is 15.5 Å². The molecule has 1 atom stereocenters. The molecular weight excluding hydrogens is 431 g/mol. The third kappa shape index (κ3) is 5.65. The average molecular weight is 451 g/mol. The monoisotopic (exact) mass is 450 g/mol. The summed E-state index contributed by atoms with van der Waals surface area (Å²) in [5.41, 5.74) is 7.03. The summed E-state index contributed by atoms with van der Waals surface area (Å²) < 4.78 is 4.91. The van der Waals surface area contributed by atoms with Crippen molar-refractivity contribution in [2.75, 3.05) is 0 Å². The van der Waals surface area contributed by atoms with Crippen molar-refractivity contribution in [1.82, 2.24) is 15.0 Å². The number of carbonyl (C=O) groups excluding carboxylic acids is 1. The summed E-state index contributed by atoms with van der Waals surface area (Å²) in [6.45, 7) is 4.22. The minimum Gasteiger partial charge on any atom is -0.442 e. The highest BCUT2D eigenvalue weighted by Gasteiger charge is 2.26. The highest BCUT2D eigenvalue weighted by molar-refractivity contribution is 7.99. The molecule has 29 heavy (non-hydrogen) atoms. The second-order valence-electron chi connectivity index (χ2n) is 6.72. The minimum absolute atomic E-state index is 0.00809. The van der Waals surface area contributed by atoms with E-state index in [9.17, 15) is 4.79 Å². The number of amides is 1. The Morgan fingerprint density at radius 1 is 1.21 bits per heavy atom. The van der Waals surface area contributed by atoms with Crippen LogP contribution in [-0.4, -0.2) is 21.0 Å². The van der Waals surface area contributed by atoms with E-state index in [1.165, 1.54) is 11.8 Å². The Balaban J connectivity index is 2.04. The Hall–Kier alpha value is -2.22. The van der Waals surface area contributed by atoms with Crippen LogP contribution < -0.4 is 5.73 Å². The van der Waals surface area contributed by atoms with Crippen molar-refractivity contribution in [3.05, 3.63) is 69.9 Å². The number of hydrogen-bond acceptors (Lipinski definition) is 5. The lowest BCUT2D eigenvalue weighted by Crippen LogP contribution is -2.13. The van der Waals surface area contributed by atoms with E-state index >= 15 is 0 Å². The number of aromatic amines is 1. The Kier molecular flexibility index (Phi) is 7.05. The molecule has 0 aliphatic rings. The Morgan fingerprint density at radius 2 is 1.86 bits per heavy atom. The van der Waals surface area contributed by atoms with E-state index in [4.69, 9.17) is 38.7 Å². The van der Waals surface area contributed by atoms with Crippen LogP contribution in [0.2, 0.25) is 10.0 Å². The van der Waals surface area contributed by atoms with Crippen molar-refractivity contribution in [3.8, 4) is 0 Å². The van der Waals surface area contributed by atoms with Gasteiger partial charge in [-0.15, -0.1) is 0 Å². The van der Waals surface area contributed by atoms with Crippen LogP contribution in [0.25, 0.3) is 0 Å². The first-order chi connectivity index (χ1) is 13.8. The normalized spacial score (nSPS) is 12.2. The molecule has 3 aromatic rings. The van der Waals surface area contributed by atoms with Gasteiger partial charge in [0, 0.05) is 33.3 Å². The summed E-state index contributed by atoms with van der Waals surface area (Å²) in [7, 11) is 0. The van der Waals surface area contributed by atoms with Crippen LogP contribution in [0.4, 0.5) is 4.79 Å². The molecule has 1 unspecified atom stereocenters. The highest BCUT2D eigenvalue weighted by Crippen LogP contribution is 2.40.